The molecule has 2 rings (SSSR count). The Morgan fingerprint density at radius 2 is 1.65 bits per heavy atom. The molecule has 0 heterocycles. The van der Waals surface area contributed by atoms with E-state index in [1.165, 1.54) is 11.1 Å². The van der Waals surface area contributed by atoms with Crippen LogP contribution in [0.2, 0.25) is 0 Å². The van der Waals surface area contributed by atoms with Gasteiger partial charge in [-0.05, 0) is 30.2 Å². The maximum atomic E-state index is 11.7. The number of benzene rings is 2. The number of aryl methyl sites for hydroxylation is 1. The van der Waals surface area contributed by atoms with Crippen LogP contribution >= 0.6 is 0 Å². The molecule has 2 aromatic carbocycles. The van der Waals surface area contributed by atoms with Crippen molar-refractivity contribution < 1.29 is 4.79 Å². The summed E-state index contributed by atoms with van der Waals surface area (Å²) in [5, 5.41) is 9.51. The summed E-state index contributed by atoms with van der Waals surface area (Å²) in [7, 11) is 1.76. The number of carbonyl (C=O) groups excluding carboxylic acids is 1. The van der Waals surface area contributed by atoms with Crippen molar-refractivity contribution in [1.82, 2.24) is 10.6 Å². The molecule has 0 aliphatic rings. The quantitative estimate of drug-likeness (QED) is 0.551. The molecule has 0 atom stereocenters. The highest BCUT2D eigenvalue weighted by Gasteiger charge is 2.06. The molecule has 0 bridgehead atoms. The van der Waals surface area contributed by atoms with Gasteiger partial charge in [0, 0.05) is 31.7 Å². The Hall–Kier alpha value is -2.82. The average molecular weight is 352 g/mol. The minimum absolute atomic E-state index is 0.0247. The zero-order chi connectivity index (χ0) is 18.9. The molecule has 0 saturated carbocycles. The van der Waals surface area contributed by atoms with Crippen molar-refractivity contribution in [2.24, 2.45) is 10.9 Å². The normalized spacial score (nSPS) is 11.3. The third-order valence-corrected chi connectivity index (χ3v) is 3.97. The third kappa shape index (κ3) is 6.24. The standard InChI is InChI=1S/C21H28N4O/c1-15(2)20(26)25-19-10-8-17(9-11-19)13-23-21(22-4)24-14-18-7-5-6-16(3)12-18/h5-12,15H,13-14H2,1-4H3,(H,25,26)(H2,22,23,24). The molecule has 0 saturated heterocycles. The minimum Gasteiger partial charge on any atom is -0.352 e. The highest BCUT2D eigenvalue weighted by atomic mass is 16.1. The molecule has 0 aromatic heterocycles. The van der Waals surface area contributed by atoms with Crippen molar-refractivity contribution in [3.63, 3.8) is 0 Å². The number of guanidine groups is 1. The smallest absolute Gasteiger partial charge is 0.226 e. The van der Waals surface area contributed by atoms with E-state index in [0.29, 0.717) is 6.54 Å². The molecule has 138 valence electrons. The van der Waals surface area contributed by atoms with Crippen LogP contribution in [0.4, 0.5) is 5.69 Å². The van der Waals surface area contributed by atoms with Crippen LogP contribution in [0, 0.1) is 12.8 Å². The van der Waals surface area contributed by atoms with Gasteiger partial charge < -0.3 is 16.0 Å². The van der Waals surface area contributed by atoms with Crippen molar-refractivity contribution in [2.45, 2.75) is 33.9 Å². The predicted molar refractivity (Wildman–Crippen MR) is 108 cm³/mol. The number of anilines is 1. The molecule has 0 aliphatic carbocycles. The predicted octanol–water partition coefficient (Wildman–Crippen LogP) is 3.45. The van der Waals surface area contributed by atoms with Crippen LogP contribution in [-0.4, -0.2) is 18.9 Å². The minimum atomic E-state index is -0.0286. The van der Waals surface area contributed by atoms with Gasteiger partial charge in [-0.2, -0.15) is 0 Å². The van der Waals surface area contributed by atoms with Gasteiger partial charge in [-0.25, -0.2) is 0 Å². The number of amides is 1. The number of nitrogens with zero attached hydrogens (tertiary/aromatic N) is 1. The number of rotatable bonds is 6. The van der Waals surface area contributed by atoms with Crippen LogP contribution in [0.1, 0.15) is 30.5 Å². The summed E-state index contributed by atoms with van der Waals surface area (Å²) >= 11 is 0. The third-order valence-electron chi connectivity index (χ3n) is 3.97. The van der Waals surface area contributed by atoms with Crippen LogP contribution in [0.3, 0.4) is 0 Å². The summed E-state index contributed by atoms with van der Waals surface area (Å²) in [6.07, 6.45) is 0. The lowest BCUT2D eigenvalue weighted by Gasteiger charge is -2.13. The van der Waals surface area contributed by atoms with E-state index in [4.69, 9.17) is 0 Å². The van der Waals surface area contributed by atoms with Gasteiger partial charge in [-0.1, -0.05) is 55.8 Å². The van der Waals surface area contributed by atoms with E-state index in [-0.39, 0.29) is 11.8 Å². The molecular formula is C21H28N4O. The summed E-state index contributed by atoms with van der Waals surface area (Å²) in [5.41, 5.74) is 4.40. The number of hydrogen-bond donors (Lipinski definition) is 3. The van der Waals surface area contributed by atoms with E-state index in [0.717, 1.165) is 23.8 Å². The van der Waals surface area contributed by atoms with Gasteiger partial charge in [0.1, 0.15) is 0 Å². The Morgan fingerprint density at radius 1 is 1.00 bits per heavy atom. The zero-order valence-corrected chi connectivity index (χ0v) is 16.0. The van der Waals surface area contributed by atoms with Gasteiger partial charge in [-0.15, -0.1) is 0 Å². The average Bonchev–Trinajstić information content (AvgIpc) is 2.63. The first-order valence-electron chi connectivity index (χ1n) is 8.88. The molecule has 0 unspecified atom stereocenters. The summed E-state index contributed by atoms with van der Waals surface area (Å²) in [6.45, 7) is 7.23. The van der Waals surface area contributed by atoms with Crippen molar-refractivity contribution in [3.8, 4) is 0 Å². The molecule has 5 heteroatoms. The van der Waals surface area contributed by atoms with E-state index < -0.39 is 0 Å². The second kappa shape index (κ2) is 9.61. The fourth-order valence-electron chi connectivity index (χ4n) is 2.41. The van der Waals surface area contributed by atoms with Gasteiger partial charge in [0.15, 0.2) is 5.96 Å². The van der Waals surface area contributed by atoms with Crippen molar-refractivity contribution >= 4 is 17.6 Å². The molecule has 0 fully saturated rings. The van der Waals surface area contributed by atoms with Crippen LogP contribution in [0.25, 0.3) is 0 Å². The van der Waals surface area contributed by atoms with Crippen molar-refractivity contribution in [2.75, 3.05) is 12.4 Å². The number of nitrogens with one attached hydrogen (secondary N) is 3. The van der Waals surface area contributed by atoms with E-state index in [9.17, 15) is 4.79 Å². The zero-order valence-electron chi connectivity index (χ0n) is 16.0. The molecule has 2 aromatic rings. The molecule has 3 N–H and O–H groups in total. The first-order valence-corrected chi connectivity index (χ1v) is 8.88. The lowest BCUT2D eigenvalue weighted by atomic mass is 10.1. The van der Waals surface area contributed by atoms with Gasteiger partial charge in [0.25, 0.3) is 0 Å². The van der Waals surface area contributed by atoms with Crippen LogP contribution < -0.4 is 16.0 Å². The Balaban J connectivity index is 1.83. The lowest BCUT2D eigenvalue weighted by molar-refractivity contribution is -0.118. The lowest BCUT2D eigenvalue weighted by Crippen LogP contribution is -2.36. The molecule has 1 amide bonds. The van der Waals surface area contributed by atoms with E-state index >= 15 is 0 Å². The second-order valence-electron chi connectivity index (χ2n) is 6.61. The summed E-state index contributed by atoms with van der Waals surface area (Å²) < 4.78 is 0. The SMILES string of the molecule is CN=C(NCc1ccc(NC(=O)C(C)C)cc1)NCc1cccc(C)c1. The molecule has 0 aliphatic heterocycles. The van der Waals surface area contributed by atoms with Gasteiger partial charge in [0.2, 0.25) is 5.91 Å². The number of hydrogen-bond acceptors (Lipinski definition) is 2. The van der Waals surface area contributed by atoms with Crippen LogP contribution in [-0.2, 0) is 17.9 Å². The Kier molecular flexibility index (Phi) is 7.21. The van der Waals surface area contributed by atoms with Crippen LogP contribution in [0.15, 0.2) is 53.5 Å². The maximum Gasteiger partial charge on any atom is 0.226 e. The van der Waals surface area contributed by atoms with E-state index in [1.807, 2.05) is 38.1 Å². The number of aliphatic imine (C=N–C) groups is 1. The highest BCUT2D eigenvalue weighted by molar-refractivity contribution is 5.92. The topological polar surface area (TPSA) is 65.5 Å². The summed E-state index contributed by atoms with van der Waals surface area (Å²) in [4.78, 5) is 16.0. The molecular weight excluding hydrogens is 324 g/mol. The van der Waals surface area contributed by atoms with Gasteiger partial charge in [-0.3, -0.25) is 9.79 Å². The van der Waals surface area contributed by atoms with E-state index in [2.05, 4.69) is 52.1 Å². The summed E-state index contributed by atoms with van der Waals surface area (Å²) in [5.74, 6) is 0.750. The Labute approximate surface area is 155 Å². The van der Waals surface area contributed by atoms with E-state index in [1.54, 1.807) is 7.05 Å². The Morgan fingerprint density at radius 3 is 2.23 bits per heavy atom. The first-order chi connectivity index (χ1) is 12.5. The molecule has 5 nitrogen and oxygen atoms in total. The summed E-state index contributed by atoms with van der Waals surface area (Å²) in [6, 6.07) is 16.2. The fraction of sp³-hybridized carbons (Fsp3) is 0.333. The monoisotopic (exact) mass is 352 g/mol. The van der Waals surface area contributed by atoms with Crippen LogP contribution in [0.5, 0.6) is 0 Å². The first kappa shape index (κ1) is 19.5. The highest BCUT2D eigenvalue weighted by Crippen LogP contribution is 2.11. The maximum absolute atomic E-state index is 11.7. The Bertz CT molecular complexity index is 751. The van der Waals surface area contributed by atoms with Gasteiger partial charge in [0.05, 0.1) is 0 Å². The largest absolute Gasteiger partial charge is 0.352 e. The van der Waals surface area contributed by atoms with Crippen molar-refractivity contribution in [3.05, 3.63) is 65.2 Å². The molecule has 0 radical (unpaired) electrons. The molecule has 26 heavy (non-hydrogen) atoms. The molecule has 0 spiro atoms. The fourth-order valence-corrected chi connectivity index (χ4v) is 2.41. The van der Waals surface area contributed by atoms with Crippen molar-refractivity contribution in [1.29, 1.82) is 0 Å². The second-order valence-corrected chi connectivity index (χ2v) is 6.61. The van der Waals surface area contributed by atoms with Gasteiger partial charge >= 0.3 is 0 Å². The number of carbonyl (C=O) groups is 1.